The third-order valence-electron chi connectivity index (χ3n) is 4.94. The van der Waals surface area contributed by atoms with Crippen LogP contribution in [0.1, 0.15) is 30.1 Å². The van der Waals surface area contributed by atoms with Gasteiger partial charge in [0.25, 0.3) is 5.91 Å². The molecule has 1 aliphatic heterocycles. The van der Waals surface area contributed by atoms with Crippen LogP contribution in [0.4, 0.5) is 9.52 Å². The fraction of sp³-hybridized carbons (Fsp3) is 0.300. The van der Waals surface area contributed by atoms with Crippen molar-refractivity contribution in [1.29, 1.82) is 0 Å². The number of carbonyl (C=O) groups is 1. The molecule has 0 aliphatic carbocycles. The third-order valence-corrected chi connectivity index (χ3v) is 7.76. The van der Waals surface area contributed by atoms with Gasteiger partial charge in [-0.2, -0.15) is 4.31 Å². The van der Waals surface area contributed by atoms with E-state index < -0.39 is 15.9 Å². The Balaban J connectivity index is 1.50. The molecule has 0 spiro atoms. The number of anilines is 1. The van der Waals surface area contributed by atoms with Crippen molar-refractivity contribution < 1.29 is 17.6 Å². The lowest BCUT2D eigenvalue weighted by Crippen LogP contribution is -2.39. The van der Waals surface area contributed by atoms with E-state index in [-0.39, 0.29) is 10.7 Å². The zero-order valence-corrected chi connectivity index (χ0v) is 17.4. The number of thiazole rings is 1. The lowest BCUT2D eigenvalue weighted by molar-refractivity contribution is 0.102. The van der Waals surface area contributed by atoms with E-state index in [4.69, 9.17) is 0 Å². The Morgan fingerprint density at radius 1 is 1.24 bits per heavy atom. The van der Waals surface area contributed by atoms with Crippen LogP contribution in [0.25, 0.3) is 10.2 Å². The molecular formula is C20H20FN3O3S2. The van der Waals surface area contributed by atoms with Gasteiger partial charge in [-0.1, -0.05) is 18.3 Å². The molecule has 1 N–H and O–H groups in total. The molecule has 29 heavy (non-hydrogen) atoms. The molecule has 1 aliphatic rings. The summed E-state index contributed by atoms with van der Waals surface area (Å²) in [7, 11) is -3.56. The first kappa shape index (κ1) is 19.9. The molecule has 0 radical (unpaired) electrons. The number of benzene rings is 2. The Morgan fingerprint density at radius 2 is 2.00 bits per heavy atom. The number of rotatable bonds is 4. The van der Waals surface area contributed by atoms with Crippen LogP contribution in [-0.4, -0.2) is 36.7 Å². The lowest BCUT2D eigenvalue weighted by Gasteiger charge is -2.30. The highest BCUT2D eigenvalue weighted by Gasteiger charge is 2.28. The summed E-state index contributed by atoms with van der Waals surface area (Å²) in [5.74, 6) is -0.426. The molecule has 3 aromatic rings. The molecule has 2 heterocycles. The summed E-state index contributed by atoms with van der Waals surface area (Å²) in [4.78, 5) is 16.9. The predicted molar refractivity (Wildman–Crippen MR) is 111 cm³/mol. The number of amides is 1. The Morgan fingerprint density at radius 3 is 2.72 bits per heavy atom. The van der Waals surface area contributed by atoms with Crippen molar-refractivity contribution in [3.63, 3.8) is 0 Å². The van der Waals surface area contributed by atoms with Crippen molar-refractivity contribution in [2.24, 2.45) is 5.92 Å². The van der Waals surface area contributed by atoms with E-state index in [2.05, 4.69) is 10.3 Å². The number of nitrogens with one attached hydrogen (secondary N) is 1. The summed E-state index contributed by atoms with van der Waals surface area (Å²) in [6, 6.07) is 10.1. The number of piperidine rings is 1. The number of fused-ring (bicyclic) bond motifs is 1. The normalized spacial score (nSPS) is 18.1. The molecule has 1 aromatic heterocycles. The molecular weight excluding hydrogens is 413 g/mol. The first-order valence-corrected chi connectivity index (χ1v) is 11.6. The molecule has 1 unspecified atom stereocenters. The molecule has 1 fully saturated rings. The summed E-state index contributed by atoms with van der Waals surface area (Å²) in [5.41, 5.74) is 0.922. The van der Waals surface area contributed by atoms with Crippen molar-refractivity contribution >= 4 is 42.6 Å². The highest BCUT2D eigenvalue weighted by atomic mass is 32.2. The molecule has 0 saturated carbocycles. The molecule has 152 valence electrons. The van der Waals surface area contributed by atoms with Gasteiger partial charge in [-0.05, 0) is 61.2 Å². The zero-order chi connectivity index (χ0) is 20.6. The van der Waals surface area contributed by atoms with Crippen LogP contribution in [0.15, 0.2) is 47.4 Å². The van der Waals surface area contributed by atoms with Crippen LogP contribution in [-0.2, 0) is 10.0 Å². The molecule has 0 bridgehead atoms. The molecule has 6 nitrogen and oxygen atoms in total. The molecule has 1 atom stereocenters. The van der Waals surface area contributed by atoms with Crippen LogP contribution >= 0.6 is 11.3 Å². The number of sulfonamides is 1. The Bertz CT molecular complexity index is 1160. The van der Waals surface area contributed by atoms with Gasteiger partial charge in [0.2, 0.25) is 10.0 Å². The van der Waals surface area contributed by atoms with Crippen LogP contribution in [0.2, 0.25) is 0 Å². The lowest BCUT2D eigenvalue weighted by atomic mass is 10.0. The summed E-state index contributed by atoms with van der Waals surface area (Å²) >= 11 is 1.18. The van der Waals surface area contributed by atoms with E-state index in [1.54, 1.807) is 6.07 Å². The van der Waals surface area contributed by atoms with E-state index >= 15 is 0 Å². The fourth-order valence-electron chi connectivity index (χ4n) is 3.41. The minimum absolute atomic E-state index is 0.179. The van der Waals surface area contributed by atoms with Crippen molar-refractivity contribution in [2.45, 2.75) is 24.7 Å². The van der Waals surface area contributed by atoms with Crippen molar-refractivity contribution in [1.82, 2.24) is 9.29 Å². The average Bonchev–Trinajstić information content (AvgIpc) is 3.09. The quantitative estimate of drug-likeness (QED) is 0.672. The molecule has 1 saturated heterocycles. The van der Waals surface area contributed by atoms with Crippen LogP contribution in [0.5, 0.6) is 0 Å². The van der Waals surface area contributed by atoms with Gasteiger partial charge in [0.1, 0.15) is 5.82 Å². The topological polar surface area (TPSA) is 79.4 Å². The molecule has 9 heteroatoms. The first-order valence-electron chi connectivity index (χ1n) is 9.30. The van der Waals surface area contributed by atoms with Crippen LogP contribution < -0.4 is 5.32 Å². The second-order valence-corrected chi connectivity index (χ2v) is 10.2. The van der Waals surface area contributed by atoms with Gasteiger partial charge in [-0.3, -0.25) is 10.1 Å². The number of nitrogens with zero attached hydrogens (tertiary/aromatic N) is 2. The minimum atomic E-state index is -3.56. The standard InChI is InChI=1S/C20H20FN3O3S2/c1-13-3-2-10-24(12-13)29(26,27)16-7-4-14(5-8-16)19(25)23-20-22-17-9-6-15(21)11-18(17)28-20/h4-9,11,13H,2-3,10,12H2,1H3,(H,22,23,25). The Labute approximate surface area is 172 Å². The van der Waals surface area contributed by atoms with Crippen LogP contribution in [0.3, 0.4) is 0 Å². The monoisotopic (exact) mass is 433 g/mol. The highest BCUT2D eigenvalue weighted by molar-refractivity contribution is 7.89. The molecule has 4 rings (SSSR count). The van der Waals surface area contributed by atoms with Crippen molar-refractivity contribution in [3.05, 3.63) is 53.8 Å². The smallest absolute Gasteiger partial charge is 0.257 e. The fourth-order valence-corrected chi connectivity index (χ4v) is 5.90. The summed E-state index contributed by atoms with van der Waals surface area (Å²) in [5, 5.41) is 3.04. The van der Waals surface area contributed by atoms with Crippen LogP contribution in [0, 0.1) is 11.7 Å². The Hall–Kier alpha value is -2.36. The number of hydrogen-bond acceptors (Lipinski definition) is 5. The summed E-state index contributed by atoms with van der Waals surface area (Å²) in [6.07, 6.45) is 1.89. The number of aromatic nitrogens is 1. The minimum Gasteiger partial charge on any atom is -0.298 e. The molecule has 1 amide bonds. The second kappa shape index (κ2) is 7.81. The van der Waals surface area contributed by atoms with Crippen molar-refractivity contribution in [2.75, 3.05) is 18.4 Å². The third kappa shape index (κ3) is 4.17. The zero-order valence-electron chi connectivity index (χ0n) is 15.8. The molecule has 2 aromatic carbocycles. The van der Waals surface area contributed by atoms with E-state index in [1.165, 1.54) is 52.0 Å². The summed E-state index contributed by atoms with van der Waals surface area (Å²) in [6.45, 7) is 3.08. The SMILES string of the molecule is CC1CCCN(S(=O)(=O)c2ccc(C(=O)Nc3nc4ccc(F)cc4s3)cc2)C1. The number of hydrogen-bond donors (Lipinski definition) is 1. The van der Waals surface area contributed by atoms with Gasteiger partial charge in [-0.25, -0.2) is 17.8 Å². The van der Waals surface area contributed by atoms with E-state index in [9.17, 15) is 17.6 Å². The van der Waals surface area contributed by atoms with Gasteiger partial charge in [0.15, 0.2) is 5.13 Å². The van der Waals surface area contributed by atoms with Gasteiger partial charge >= 0.3 is 0 Å². The Kier molecular flexibility index (Phi) is 5.37. The van der Waals surface area contributed by atoms with Gasteiger partial charge < -0.3 is 0 Å². The van der Waals surface area contributed by atoms with Gasteiger partial charge in [0, 0.05) is 18.7 Å². The summed E-state index contributed by atoms with van der Waals surface area (Å²) < 4.78 is 41.1. The second-order valence-electron chi connectivity index (χ2n) is 7.22. The van der Waals surface area contributed by atoms with Gasteiger partial charge in [0.05, 0.1) is 15.1 Å². The maximum atomic E-state index is 13.3. The maximum absolute atomic E-state index is 13.3. The average molecular weight is 434 g/mol. The number of carbonyl (C=O) groups excluding carboxylic acids is 1. The maximum Gasteiger partial charge on any atom is 0.257 e. The van der Waals surface area contributed by atoms with Gasteiger partial charge in [-0.15, -0.1) is 0 Å². The van der Waals surface area contributed by atoms with E-state index in [0.717, 1.165) is 12.8 Å². The highest BCUT2D eigenvalue weighted by Crippen LogP contribution is 2.27. The van der Waals surface area contributed by atoms with Crippen molar-refractivity contribution in [3.8, 4) is 0 Å². The van der Waals surface area contributed by atoms with E-state index in [0.29, 0.717) is 39.9 Å². The van der Waals surface area contributed by atoms with E-state index in [1.807, 2.05) is 6.92 Å². The largest absolute Gasteiger partial charge is 0.298 e. The number of halogens is 1. The predicted octanol–water partition coefficient (Wildman–Crippen LogP) is 4.11. The first-order chi connectivity index (χ1) is 13.8.